The van der Waals surface area contributed by atoms with Gasteiger partial charge in [-0.2, -0.15) is 0 Å². The van der Waals surface area contributed by atoms with Gasteiger partial charge in [0, 0.05) is 12.0 Å². The highest BCUT2D eigenvalue weighted by Gasteiger charge is 2.21. The van der Waals surface area contributed by atoms with Crippen LogP contribution in [0.25, 0.3) is 0 Å². The third kappa shape index (κ3) is 1.53. The molecule has 0 amide bonds. The molecule has 0 heterocycles. The fourth-order valence-corrected chi connectivity index (χ4v) is 1.07. The number of aliphatic hydroxyl groups excluding tert-OH is 1. The molecule has 3 radical (unpaired) electrons. The fraction of sp³-hybridized carbons (Fsp3) is 0.500. The van der Waals surface area contributed by atoms with Crippen LogP contribution in [0, 0.1) is 0 Å². The van der Waals surface area contributed by atoms with E-state index in [1.54, 1.807) is 0 Å². The molecule has 0 aromatic heterocycles. The van der Waals surface area contributed by atoms with Gasteiger partial charge in [0.05, 0.1) is 12.7 Å². The van der Waals surface area contributed by atoms with Gasteiger partial charge >= 0.3 is 0 Å². The Morgan fingerprint density at radius 2 is 2.60 bits per heavy atom. The Morgan fingerprint density at radius 1 is 1.90 bits per heavy atom. The average molecular weight is 155 g/mol. The summed E-state index contributed by atoms with van der Waals surface area (Å²) in [6.07, 6.45) is 1.11. The Balaban J connectivity index is 2.57. The van der Waals surface area contributed by atoms with Crippen LogP contribution in [0.1, 0.15) is 6.42 Å². The third-order valence-corrected chi connectivity index (χ3v) is 1.52. The van der Waals surface area contributed by atoms with Gasteiger partial charge in [0.1, 0.15) is 0 Å². The number of hydrogen-bond acceptors (Lipinski definition) is 3. The summed E-state index contributed by atoms with van der Waals surface area (Å²) in [5, 5.41) is 8.93. The molecule has 1 atom stereocenters. The van der Waals surface area contributed by atoms with Gasteiger partial charge < -0.3 is 9.53 Å². The Bertz CT molecular complexity index is 176. The van der Waals surface area contributed by atoms with E-state index in [0.717, 1.165) is 0 Å². The second-order valence-electron chi connectivity index (χ2n) is 2.18. The fourth-order valence-electron chi connectivity index (χ4n) is 0.912. The molecule has 1 aliphatic carbocycles. The minimum absolute atomic E-state index is 0.0363. The Labute approximate surface area is 62.2 Å². The zero-order chi connectivity index (χ0) is 7.56. The Morgan fingerprint density at radius 3 is 3.00 bits per heavy atom. The summed E-state index contributed by atoms with van der Waals surface area (Å²) in [6.45, 7) is 0.229. The molecule has 53 valence electrons. The van der Waals surface area contributed by atoms with E-state index < -0.39 is 6.10 Å². The average Bonchev–Trinajstić information content (AvgIpc) is 2.13. The van der Waals surface area contributed by atoms with Crippen molar-refractivity contribution in [3.8, 4) is 0 Å². The van der Waals surface area contributed by atoms with E-state index in [1.165, 1.54) is 6.08 Å². The molecule has 10 heavy (non-hydrogen) atoms. The van der Waals surface area contributed by atoms with Gasteiger partial charge in [-0.05, 0) is 6.08 Å². The quantitative estimate of drug-likeness (QED) is 0.539. The van der Waals surface area contributed by atoms with Crippen LogP contribution in [-0.2, 0) is 9.22 Å². The number of carbonyl (C=O) groups is 1. The van der Waals surface area contributed by atoms with Crippen molar-refractivity contribution in [3.05, 3.63) is 11.6 Å². The topological polar surface area (TPSA) is 46.5 Å². The van der Waals surface area contributed by atoms with Gasteiger partial charge in [-0.15, -0.1) is 0 Å². The van der Waals surface area contributed by atoms with Crippen LogP contribution in [0.4, 0.5) is 0 Å². The van der Waals surface area contributed by atoms with Gasteiger partial charge in [0.25, 0.3) is 0 Å². The number of rotatable bonds is 2. The summed E-state index contributed by atoms with van der Waals surface area (Å²) in [5.41, 5.74) is 0.544. The summed E-state index contributed by atoms with van der Waals surface area (Å²) in [6, 6.07) is 0. The second-order valence-corrected chi connectivity index (χ2v) is 2.46. The van der Waals surface area contributed by atoms with Gasteiger partial charge in [0.2, 0.25) is 10.5 Å². The highest BCUT2D eigenvalue weighted by Crippen LogP contribution is 2.13. The van der Waals surface area contributed by atoms with Crippen LogP contribution in [-0.4, -0.2) is 34.1 Å². The number of carbonyl (C=O) groups excluding carboxylic acids is 1. The zero-order valence-electron chi connectivity index (χ0n) is 5.33. The van der Waals surface area contributed by atoms with E-state index >= 15 is 0 Å². The van der Waals surface area contributed by atoms with Gasteiger partial charge in [-0.25, -0.2) is 0 Å². The van der Waals surface area contributed by atoms with E-state index in [0.29, 0.717) is 5.57 Å². The van der Waals surface area contributed by atoms with E-state index in [1.807, 2.05) is 0 Å². The Hall–Kier alpha value is -0.453. The molecule has 0 aliphatic heterocycles. The molecule has 1 aliphatic rings. The minimum Gasteiger partial charge on any atom is -0.414 e. The number of Topliss-reactive ketones (excluding diaryl/α,β-unsaturated/α-hetero) is 1. The smallest absolute Gasteiger partial charge is 0.246 e. The molecule has 0 aromatic carbocycles. The highest BCUT2D eigenvalue weighted by atomic mass is 28.2. The van der Waals surface area contributed by atoms with Crippen LogP contribution < -0.4 is 0 Å². The lowest BCUT2D eigenvalue weighted by molar-refractivity contribution is -0.116. The second kappa shape index (κ2) is 3.09. The van der Waals surface area contributed by atoms with E-state index in [-0.39, 0.29) is 18.8 Å². The maximum Gasteiger partial charge on any atom is 0.246 e. The largest absolute Gasteiger partial charge is 0.414 e. The van der Waals surface area contributed by atoms with Crippen LogP contribution in [0.15, 0.2) is 11.6 Å². The van der Waals surface area contributed by atoms with Crippen molar-refractivity contribution in [2.75, 3.05) is 6.61 Å². The predicted octanol–water partition coefficient (Wildman–Crippen LogP) is -0.653. The molecule has 0 saturated carbocycles. The molecule has 0 bridgehead atoms. The maximum atomic E-state index is 10.8. The maximum absolute atomic E-state index is 10.8. The molecule has 3 nitrogen and oxygen atoms in total. The van der Waals surface area contributed by atoms with E-state index in [9.17, 15) is 4.79 Å². The Kier molecular flexibility index (Phi) is 2.37. The normalized spacial score (nSPS) is 25.2. The van der Waals surface area contributed by atoms with E-state index in [2.05, 4.69) is 14.9 Å². The summed E-state index contributed by atoms with van der Waals surface area (Å²) in [5.74, 6) is -0.0363. The van der Waals surface area contributed by atoms with Gasteiger partial charge in [0.15, 0.2) is 5.78 Å². The molecular weight excluding hydrogens is 148 g/mol. The molecule has 1 rings (SSSR count). The first-order valence-corrected chi connectivity index (χ1v) is 3.35. The SMILES string of the molecule is O=C1C[C@@H](O)C=C1CO[Si]. The predicted molar refractivity (Wildman–Crippen MR) is 35.4 cm³/mol. The lowest BCUT2D eigenvalue weighted by atomic mass is 10.2. The molecule has 0 aromatic rings. The number of aliphatic hydroxyl groups is 1. The van der Waals surface area contributed by atoms with Crippen molar-refractivity contribution in [1.29, 1.82) is 0 Å². The van der Waals surface area contributed by atoms with Gasteiger partial charge in [-0.1, -0.05) is 0 Å². The van der Waals surface area contributed by atoms with Crippen molar-refractivity contribution in [3.63, 3.8) is 0 Å². The van der Waals surface area contributed by atoms with Gasteiger partial charge in [-0.3, -0.25) is 4.79 Å². The summed E-state index contributed by atoms with van der Waals surface area (Å²) in [7, 11) is 2.78. The molecule has 4 heteroatoms. The van der Waals surface area contributed by atoms with Crippen molar-refractivity contribution >= 4 is 16.3 Å². The minimum atomic E-state index is -0.607. The van der Waals surface area contributed by atoms with Crippen molar-refractivity contribution in [1.82, 2.24) is 0 Å². The first kappa shape index (κ1) is 7.65. The van der Waals surface area contributed by atoms with E-state index in [4.69, 9.17) is 5.11 Å². The molecule has 0 spiro atoms. The van der Waals surface area contributed by atoms with Crippen LogP contribution in [0.5, 0.6) is 0 Å². The zero-order valence-corrected chi connectivity index (χ0v) is 6.33. The molecule has 1 N–H and O–H groups in total. The van der Waals surface area contributed by atoms with Crippen LogP contribution in [0.2, 0.25) is 0 Å². The summed E-state index contributed by atoms with van der Waals surface area (Å²) < 4.78 is 4.55. The molecular formula is C6H7O3Si. The standard InChI is InChI=1S/C6H7O3Si/c7-5-1-4(3-9-10)6(8)2-5/h1,5,7H,2-3H2/t5-/m0/s1. The summed E-state index contributed by atoms with van der Waals surface area (Å²) in [4.78, 5) is 10.8. The lowest BCUT2D eigenvalue weighted by Crippen LogP contribution is -2.04. The van der Waals surface area contributed by atoms with Crippen LogP contribution >= 0.6 is 0 Å². The summed E-state index contributed by atoms with van der Waals surface area (Å²) >= 11 is 0. The number of hydrogen-bond donors (Lipinski definition) is 1. The number of ketones is 1. The monoisotopic (exact) mass is 155 g/mol. The third-order valence-electron chi connectivity index (χ3n) is 1.37. The molecule has 0 unspecified atom stereocenters. The first-order chi connectivity index (χ1) is 4.74. The van der Waals surface area contributed by atoms with Crippen LogP contribution in [0.3, 0.4) is 0 Å². The van der Waals surface area contributed by atoms with Crippen molar-refractivity contribution in [2.45, 2.75) is 12.5 Å². The lowest BCUT2D eigenvalue weighted by Gasteiger charge is -1.94. The highest BCUT2D eigenvalue weighted by molar-refractivity contribution is 6.01. The first-order valence-electron chi connectivity index (χ1n) is 2.94. The molecule has 0 saturated heterocycles. The molecule has 0 fully saturated rings. The van der Waals surface area contributed by atoms with Crippen molar-refractivity contribution < 1.29 is 14.3 Å². The van der Waals surface area contributed by atoms with Crippen molar-refractivity contribution in [2.24, 2.45) is 0 Å².